The van der Waals surface area contributed by atoms with Gasteiger partial charge in [-0.05, 0) is 23.8 Å². The van der Waals surface area contributed by atoms with Crippen LogP contribution < -0.4 is 4.74 Å². The van der Waals surface area contributed by atoms with Crippen LogP contribution >= 0.6 is 0 Å². The van der Waals surface area contributed by atoms with E-state index in [1.807, 2.05) is 18.2 Å². The Morgan fingerprint density at radius 1 is 0.969 bits per heavy atom. The molecule has 1 heterocycles. The van der Waals surface area contributed by atoms with Crippen LogP contribution in [-0.2, 0) is 22.7 Å². The van der Waals surface area contributed by atoms with Crippen LogP contribution in [0.25, 0.3) is 0 Å². The lowest BCUT2D eigenvalue weighted by Gasteiger charge is -2.34. The Hall–Kier alpha value is -3.70. The van der Waals surface area contributed by atoms with Gasteiger partial charge in [-0.15, -0.1) is 0 Å². The van der Waals surface area contributed by atoms with Crippen LogP contribution in [0.1, 0.15) is 11.1 Å². The van der Waals surface area contributed by atoms with Crippen LogP contribution in [0.2, 0.25) is 0 Å². The molecule has 0 bridgehead atoms. The number of phenols is 1. The van der Waals surface area contributed by atoms with Crippen molar-refractivity contribution in [3.63, 3.8) is 0 Å². The molecular weight excluding hydrogens is 422 g/mol. The molecule has 1 saturated heterocycles. The summed E-state index contributed by atoms with van der Waals surface area (Å²) in [5.74, 6) is -2.61. The number of phenolic OH excluding ortho intramolecular Hbond substituents is 1. The number of methoxy groups -OCH3 is 1. The fraction of sp³-hybridized carbons (Fsp3) is 0.333. The highest BCUT2D eigenvalue weighted by Crippen LogP contribution is 2.24. The number of non-ortho nitro benzene ring substituents is 1. The second-order valence-electron chi connectivity index (χ2n) is 7.08. The van der Waals surface area contributed by atoms with Gasteiger partial charge in [0, 0.05) is 57.0 Å². The molecule has 1 aliphatic rings. The number of aliphatic carboxylic acids is 2. The van der Waals surface area contributed by atoms with E-state index in [2.05, 4.69) is 9.80 Å². The number of carboxylic acids is 2. The highest BCUT2D eigenvalue weighted by molar-refractivity contribution is 6.27. The van der Waals surface area contributed by atoms with Gasteiger partial charge in [0.15, 0.2) is 0 Å². The number of piperazine rings is 1. The molecular formula is C21H25N3O8. The minimum atomic E-state index is -1.82. The van der Waals surface area contributed by atoms with Crippen molar-refractivity contribution in [2.45, 2.75) is 13.1 Å². The zero-order chi connectivity index (χ0) is 23.7. The van der Waals surface area contributed by atoms with Gasteiger partial charge in [0.2, 0.25) is 0 Å². The van der Waals surface area contributed by atoms with Crippen LogP contribution in [0.15, 0.2) is 42.5 Å². The van der Waals surface area contributed by atoms with E-state index in [-0.39, 0.29) is 10.6 Å². The number of carboxylic acid groups (broad SMARTS) is 2. The first-order valence-electron chi connectivity index (χ1n) is 9.69. The molecule has 0 amide bonds. The maximum Gasteiger partial charge on any atom is 0.414 e. The standard InChI is InChI=1S/C19H23N3O4.C2H2O4/c1-26-18-6-7-19(23)16(12-18)14-21-10-8-20(9-11-21)13-15-2-4-17(5-3-15)22(24)25;3-1(4)2(5)6/h2-7,12,23H,8-11,13-14H2,1H3;(H,3,4)(H,5,6). The lowest BCUT2D eigenvalue weighted by molar-refractivity contribution is -0.384. The molecule has 0 atom stereocenters. The smallest absolute Gasteiger partial charge is 0.414 e. The van der Waals surface area contributed by atoms with Crippen LogP contribution in [0.5, 0.6) is 11.5 Å². The number of benzene rings is 2. The number of ether oxygens (including phenoxy) is 1. The zero-order valence-corrected chi connectivity index (χ0v) is 17.5. The summed E-state index contributed by atoms with van der Waals surface area (Å²) < 4.78 is 5.23. The van der Waals surface area contributed by atoms with Crippen molar-refractivity contribution >= 4 is 17.6 Å². The van der Waals surface area contributed by atoms with Crippen LogP contribution in [-0.4, -0.2) is 75.3 Å². The van der Waals surface area contributed by atoms with Gasteiger partial charge in [-0.25, -0.2) is 9.59 Å². The summed E-state index contributed by atoms with van der Waals surface area (Å²) in [5, 5.41) is 35.5. The molecule has 172 valence electrons. The Balaban J connectivity index is 0.000000534. The molecule has 0 unspecified atom stereocenters. The Labute approximate surface area is 184 Å². The summed E-state index contributed by atoms with van der Waals surface area (Å²) in [5.41, 5.74) is 2.07. The van der Waals surface area contributed by atoms with Gasteiger partial charge in [0.05, 0.1) is 12.0 Å². The van der Waals surface area contributed by atoms with Gasteiger partial charge in [-0.3, -0.25) is 19.9 Å². The lowest BCUT2D eigenvalue weighted by Crippen LogP contribution is -2.45. The van der Waals surface area contributed by atoms with Crippen LogP contribution in [0.3, 0.4) is 0 Å². The largest absolute Gasteiger partial charge is 0.508 e. The van der Waals surface area contributed by atoms with Gasteiger partial charge in [-0.1, -0.05) is 12.1 Å². The fourth-order valence-electron chi connectivity index (χ4n) is 3.14. The van der Waals surface area contributed by atoms with Crippen molar-refractivity contribution in [1.82, 2.24) is 9.80 Å². The number of nitrogens with zero attached hydrogens (tertiary/aromatic N) is 3. The van der Waals surface area contributed by atoms with E-state index < -0.39 is 11.9 Å². The molecule has 11 nitrogen and oxygen atoms in total. The fourth-order valence-corrected chi connectivity index (χ4v) is 3.14. The van der Waals surface area contributed by atoms with Crippen molar-refractivity contribution in [3.05, 3.63) is 63.7 Å². The second-order valence-corrected chi connectivity index (χ2v) is 7.08. The monoisotopic (exact) mass is 447 g/mol. The molecule has 2 aromatic rings. The van der Waals surface area contributed by atoms with Crippen LogP contribution in [0, 0.1) is 10.1 Å². The van der Waals surface area contributed by atoms with Gasteiger partial charge >= 0.3 is 11.9 Å². The van der Waals surface area contributed by atoms with Crippen molar-refractivity contribution in [3.8, 4) is 11.5 Å². The summed E-state index contributed by atoms with van der Waals surface area (Å²) in [7, 11) is 1.62. The molecule has 1 aliphatic heterocycles. The van der Waals surface area contributed by atoms with Gasteiger partial charge < -0.3 is 20.1 Å². The molecule has 0 spiro atoms. The first-order chi connectivity index (χ1) is 15.2. The Bertz CT molecular complexity index is 929. The molecule has 11 heteroatoms. The molecule has 2 aromatic carbocycles. The van der Waals surface area contributed by atoms with Crippen molar-refractivity contribution < 1.29 is 34.6 Å². The summed E-state index contributed by atoms with van der Waals surface area (Å²) in [6, 6.07) is 12.0. The van der Waals surface area contributed by atoms with E-state index in [9.17, 15) is 15.2 Å². The van der Waals surface area contributed by atoms with Crippen molar-refractivity contribution in [2.75, 3.05) is 33.3 Å². The van der Waals surface area contributed by atoms with E-state index in [0.29, 0.717) is 12.3 Å². The molecule has 1 fully saturated rings. The highest BCUT2D eigenvalue weighted by Gasteiger charge is 2.18. The van der Waals surface area contributed by atoms with Crippen LogP contribution in [0.4, 0.5) is 5.69 Å². The van der Waals surface area contributed by atoms with E-state index in [0.717, 1.165) is 49.6 Å². The lowest BCUT2D eigenvalue weighted by atomic mass is 10.1. The average Bonchev–Trinajstić information content (AvgIpc) is 2.77. The summed E-state index contributed by atoms with van der Waals surface area (Å²) in [6.45, 7) is 5.13. The van der Waals surface area contributed by atoms with Gasteiger partial charge in [-0.2, -0.15) is 0 Å². The normalized spacial score (nSPS) is 14.2. The number of aromatic hydroxyl groups is 1. The zero-order valence-electron chi connectivity index (χ0n) is 17.5. The molecule has 0 aliphatic carbocycles. The number of hydrogen-bond donors (Lipinski definition) is 3. The number of rotatable bonds is 6. The summed E-state index contributed by atoms with van der Waals surface area (Å²) >= 11 is 0. The Kier molecular flexibility index (Phi) is 8.93. The summed E-state index contributed by atoms with van der Waals surface area (Å²) in [6.07, 6.45) is 0. The number of nitro groups is 1. The number of nitro benzene ring substituents is 1. The maximum atomic E-state index is 10.7. The molecule has 3 rings (SSSR count). The minimum absolute atomic E-state index is 0.122. The Morgan fingerprint density at radius 2 is 1.50 bits per heavy atom. The minimum Gasteiger partial charge on any atom is -0.508 e. The first kappa shape index (κ1) is 24.6. The third kappa shape index (κ3) is 7.52. The predicted octanol–water partition coefficient (Wildman–Crippen LogP) is 1.78. The van der Waals surface area contributed by atoms with E-state index in [4.69, 9.17) is 24.5 Å². The molecule has 32 heavy (non-hydrogen) atoms. The van der Waals surface area contributed by atoms with E-state index in [1.54, 1.807) is 31.4 Å². The van der Waals surface area contributed by atoms with E-state index >= 15 is 0 Å². The predicted molar refractivity (Wildman–Crippen MR) is 114 cm³/mol. The second kappa shape index (κ2) is 11.6. The average molecular weight is 447 g/mol. The van der Waals surface area contributed by atoms with Gasteiger partial charge in [0.25, 0.3) is 5.69 Å². The van der Waals surface area contributed by atoms with E-state index in [1.165, 1.54) is 0 Å². The molecule has 3 N–H and O–H groups in total. The Morgan fingerprint density at radius 3 is 1.97 bits per heavy atom. The maximum absolute atomic E-state index is 10.7. The molecule has 0 radical (unpaired) electrons. The van der Waals surface area contributed by atoms with Crippen molar-refractivity contribution in [2.24, 2.45) is 0 Å². The highest BCUT2D eigenvalue weighted by atomic mass is 16.6. The number of carbonyl (C=O) groups is 2. The summed E-state index contributed by atoms with van der Waals surface area (Å²) in [4.78, 5) is 33.2. The number of hydrogen-bond acceptors (Lipinski definition) is 8. The quantitative estimate of drug-likeness (QED) is 0.339. The molecule has 0 saturated carbocycles. The third-order valence-electron chi connectivity index (χ3n) is 4.88. The molecule has 0 aromatic heterocycles. The topological polar surface area (TPSA) is 154 Å². The van der Waals surface area contributed by atoms with Crippen molar-refractivity contribution in [1.29, 1.82) is 0 Å². The van der Waals surface area contributed by atoms with Gasteiger partial charge in [0.1, 0.15) is 11.5 Å². The first-order valence-corrected chi connectivity index (χ1v) is 9.69. The third-order valence-corrected chi connectivity index (χ3v) is 4.88. The SMILES string of the molecule is COc1ccc(O)c(CN2CCN(Cc3ccc([N+](=O)[O-])cc3)CC2)c1.O=C(O)C(=O)O.